The average Bonchev–Trinajstić information content (AvgIpc) is 2.63. The van der Waals surface area contributed by atoms with Gasteiger partial charge < -0.3 is 24.1 Å². The zero-order chi connectivity index (χ0) is 18.4. The van der Waals surface area contributed by atoms with Crippen LogP contribution >= 0.6 is 11.6 Å². The van der Waals surface area contributed by atoms with Crippen LogP contribution in [0.5, 0.6) is 11.5 Å². The number of halogens is 1. The first-order valence-electron chi connectivity index (χ1n) is 7.75. The molecule has 0 spiro atoms. The molecule has 1 heterocycles. The van der Waals surface area contributed by atoms with Gasteiger partial charge in [0.05, 0.1) is 13.7 Å². The average molecular weight is 368 g/mol. The summed E-state index contributed by atoms with van der Waals surface area (Å²) < 4.78 is 21.7. The molecule has 0 saturated heterocycles. The molecule has 1 aromatic carbocycles. The molecule has 0 aliphatic heterocycles. The number of ether oxygens (including phenoxy) is 4. The van der Waals surface area contributed by atoms with Crippen molar-refractivity contribution in [3.63, 3.8) is 0 Å². The van der Waals surface area contributed by atoms with Crippen LogP contribution in [0.3, 0.4) is 0 Å². The third-order valence-electron chi connectivity index (χ3n) is 3.71. The lowest BCUT2D eigenvalue weighted by Gasteiger charge is -2.23. The van der Waals surface area contributed by atoms with Gasteiger partial charge in [0.2, 0.25) is 0 Å². The van der Waals surface area contributed by atoms with Crippen LogP contribution in [0.25, 0.3) is 0 Å². The summed E-state index contributed by atoms with van der Waals surface area (Å²) in [6.45, 7) is 2.34. The molecule has 0 aliphatic carbocycles. The van der Waals surface area contributed by atoms with Gasteiger partial charge in [0.25, 0.3) is 0 Å². The highest BCUT2D eigenvalue weighted by atomic mass is 35.5. The molecule has 0 fully saturated rings. The van der Waals surface area contributed by atoms with Gasteiger partial charge in [0.15, 0.2) is 17.8 Å². The molecular weight excluding hydrogens is 346 g/mol. The number of benzene rings is 1. The Morgan fingerprint density at radius 3 is 2.32 bits per heavy atom. The fourth-order valence-electron chi connectivity index (χ4n) is 2.58. The Bertz CT molecular complexity index is 706. The molecule has 1 N–H and O–H groups in total. The molecular formula is C18H22ClNO5. The van der Waals surface area contributed by atoms with Crippen molar-refractivity contribution in [1.82, 2.24) is 4.98 Å². The SMILES string of the molecule is CCOc1cc(C(O)c2ccnc(Cl)c2)c(C(OC)OC)cc1OC. The lowest BCUT2D eigenvalue weighted by atomic mass is 9.96. The number of pyridine rings is 1. The number of aliphatic hydroxyl groups excluding tert-OH is 1. The number of hydrogen-bond acceptors (Lipinski definition) is 6. The van der Waals surface area contributed by atoms with E-state index in [1.54, 1.807) is 31.4 Å². The van der Waals surface area contributed by atoms with Crippen molar-refractivity contribution in [2.24, 2.45) is 0 Å². The maximum absolute atomic E-state index is 10.9. The molecule has 1 aromatic heterocycles. The number of aromatic nitrogens is 1. The summed E-state index contributed by atoms with van der Waals surface area (Å²) in [5, 5.41) is 11.2. The Kier molecular flexibility index (Phi) is 7.01. The molecule has 6 nitrogen and oxygen atoms in total. The first-order chi connectivity index (χ1) is 12.0. The molecule has 1 unspecified atom stereocenters. The van der Waals surface area contributed by atoms with Crippen molar-refractivity contribution in [3.8, 4) is 11.5 Å². The number of hydrogen-bond donors (Lipinski definition) is 1. The van der Waals surface area contributed by atoms with E-state index in [9.17, 15) is 5.11 Å². The molecule has 0 saturated carbocycles. The summed E-state index contributed by atoms with van der Waals surface area (Å²) in [4.78, 5) is 3.94. The van der Waals surface area contributed by atoms with Gasteiger partial charge in [0.1, 0.15) is 11.3 Å². The third kappa shape index (κ3) is 4.41. The second-order valence-corrected chi connectivity index (χ2v) is 5.57. The van der Waals surface area contributed by atoms with E-state index in [0.717, 1.165) is 0 Å². The largest absolute Gasteiger partial charge is 0.493 e. The van der Waals surface area contributed by atoms with Crippen LogP contribution < -0.4 is 9.47 Å². The molecule has 25 heavy (non-hydrogen) atoms. The van der Waals surface area contributed by atoms with Crippen LogP contribution in [0.4, 0.5) is 0 Å². The van der Waals surface area contributed by atoms with E-state index >= 15 is 0 Å². The summed E-state index contributed by atoms with van der Waals surface area (Å²) in [6, 6.07) is 6.76. The first-order valence-corrected chi connectivity index (χ1v) is 8.13. The van der Waals surface area contributed by atoms with Gasteiger partial charge >= 0.3 is 0 Å². The van der Waals surface area contributed by atoms with E-state index in [2.05, 4.69) is 4.98 Å². The van der Waals surface area contributed by atoms with E-state index in [-0.39, 0.29) is 0 Å². The highest BCUT2D eigenvalue weighted by Crippen LogP contribution is 2.39. The molecule has 0 amide bonds. The van der Waals surface area contributed by atoms with Crippen molar-refractivity contribution in [3.05, 3.63) is 52.3 Å². The zero-order valence-electron chi connectivity index (χ0n) is 14.7. The minimum Gasteiger partial charge on any atom is -0.493 e. The summed E-state index contributed by atoms with van der Waals surface area (Å²) in [6.07, 6.45) is -0.0996. The maximum Gasteiger partial charge on any atom is 0.183 e. The van der Waals surface area contributed by atoms with Crippen molar-refractivity contribution in [2.45, 2.75) is 19.3 Å². The molecule has 2 rings (SSSR count). The molecule has 0 radical (unpaired) electrons. The Morgan fingerprint density at radius 2 is 1.76 bits per heavy atom. The topological polar surface area (TPSA) is 70.0 Å². The van der Waals surface area contributed by atoms with E-state index in [1.165, 1.54) is 20.4 Å². The van der Waals surface area contributed by atoms with Gasteiger partial charge in [-0.25, -0.2) is 4.98 Å². The van der Waals surface area contributed by atoms with E-state index in [4.69, 9.17) is 30.5 Å². The number of methoxy groups -OCH3 is 3. The second-order valence-electron chi connectivity index (χ2n) is 5.18. The number of aliphatic hydroxyl groups is 1. The monoisotopic (exact) mass is 367 g/mol. The van der Waals surface area contributed by atoms with Crippen LogP contribution in [0, 0.1) is 0 Å². The van der Waals surface area contributed by atoms with Crippen molar-refractivity contribution >= 4 is 11.6 Å². The van der Waals surface area contributed by atoms with E-state index in [1.807, 2.05) is 6.92 Å². The minimum absolute atomic E-state index is 0.298. The lowest BCUT2D eigenvalue weighted by molar-refractivity contribution is -0.107. The quantitative estimate of drug-likeness (QED) is 0.568. The predicted octanol–water partition coefficient (Wildman–Crippen LogP) is 3.52. The Morgan fingerprint density at radius 1 is 1.08 bits per heavy atom. The highest BCUT2D eigenvalue weighted by molar-refractivity contribution is 6.29. The van der Waals surface area contributed by atoms with Crippen LogP contribution in [-0.2, 0) is 9.47 Å². The van der Waals surface area contributed by atoms with Gasteiger partial charge in [-0.1, -0.05) is 11.6 Å². The lowest BCUT2D eigenvalue weighted by Crippen LogP contribution is -2.12. The minimum atomic E-state index is -0.964. The van der Waals surface area contributed by atoms with Gasteiger partial charge in [-0.05, 0) is 42.3 Å². The van der Waals surface area contributed by atoms with E-state index in [0.29, 0.717) is 39.9 Å². The summed E-state index contributed by atoms with van der Waals surface area (Å²) in [5.74, 6) is 1.05. The summed E-state index contributed by atoms with van der Waals surface area (Å²) in [7, 11) is 4.60. The Hall–Kier alpha value is -1.86. The van der Waals surface area contributed by atoms with Crippen molar-refractivity contribution in [1.29, 1.82) is 0 Å². The fraction of sp³-hybridized carbons (Fsp3) is 0.389. The van der Waals surface area contributed by atoms with Gasteiger partial charge in [-0.15, -0.1) is 0 Å². The number of rotatable bonds is 8. The summed E-state index contributed by atoms with van der Waals surface area (Å²) >= 11 is 5.95. The summed E-state index contributed by atoms with van der Waals surface area (Å²) in [5.41, 5.74) is 1.80. The Balaban J connectivity index is 2.60. The predicted molar refractivity (Wildman–Crippen MR) is 94.2 cm³/mol. The van der Waals surface area contributed by atoms with Crippen molar-refractivity contribution in [2.75, 3.05) is 27.9 Å². The number of nitrogens with zero attached hydrogens (tertiary/aromatic N) is 1. The van der Waals surface area contributed by atoms with Crippen LogP contribution in [-0.4, -0.2) is 38.0 Å². The molecule has 2 aromatic rings. The maximum atomic E-state index is 10.9. The zero-order valence-corrected chi connectivity index (χ0v) is 15.4. The Labute approximate surface area is 152 Å². The third-order valence-corrected chi connectivity index (χ3v) is 3.92. The van der Waals surface area contributed by atoms with Crippen LogP contribution in [0.1, 0.15) is 36.0 Å². The highest BCUT2D eigenvalue weighted by Gasteiger charge is 2.24. The van der Waals surface area contributed by atoms with Gasteiger partial charge in [0, 0.05) is 26.0 Å². The molecule has 1 atom stereocenters. The van der Waals surface area contributed by atoms with Crippen molar-refractivity contribution < 1.29 is 24.1 Å². The molecule has 0 bridgehead atoms. The van der Waals surface area contributed by atoms with Gasteiger partial charge in [-0.3, -0.25) is 0 Å². The van der Waals surface area contributed by atoms with E-state index < -0.39 is 12.4 Å². The smallest absolute Gasteiger partial charge is 0.183 e. The van der Waals surface area contributed by atoms with Crippen LogP contribution in [0.15, 0.2) is 30.5 Å². The van der Waals surface area contributed by atoms with Crippen LogP contribution in [0.2, 0.25) is 5.15 Å². The van der Waals surface area contributed by atoms with Gasteiger partial charge in [-0.2, -0.15) is 0 Å². The first kappa shape index (κ1) is 19.5. The molecule has 0 aliphatic rings. The normalized spacial score (nSPS) is 12.3. The fourth-order valence-corrected chi connectivity index (χ4v) is 2.76. The molecule has 136 valence electrons. The molecule has 7 heteroatoms. The standard InChI is InChI=1S/C18H22ClNO5/c1-5-25-15-9-12(17(21)11-6-7-20-16(19)8-11)13(10-14(15)22-2)18(23-3)24-4/h6-10,17-18,21H,5H2,1-4H3. The second kappa shape index (κ2) is 9.01.